The smallest absolute Gasteiger partial charge is 0.145 e. The number of hydrogen-bond acceptors (Lipinski definition) is 4. The van der Waals surface area contributed by atoms with Crippen molar-refractivity contribution in [1.29, 1.82) is 5.26 Å². The molecule has 1 aromatic carbocycles. The summed E-state index contributed by atoms with van der Waals surface area (Å²) in [5.74, 6) is 0.791. The van der Waals surface area contributed by atoms with Gasteiger partial charge in [-0.15, -0.1) is 0 Å². The molecular formula is C14H12N4. The fourth-order valence-corrected chi connectivity index (χ4v) is 2.45. The summed E-state index contributed by atoms with van der Waals surface area (Å²) in [6.45, 7) is 2.16. The predicted molar refractivity (Wildman–Crippen MR) is 68.5 cm³/mol. The number of para-hydroxylation sites is 1. The minimum absolute atomic E-state index is 0.351. The van der Waals surface area contributed by atoms with E-state index in [0.29, 0.717) is 11.7 Å². The third-order valence-corrected chi connectivity index (χ3v) is 3.22. The molecule has 1 aromatic heterocycles. The van der Waals surface area contributed by atoms with Gasteiger partial charge in [-0.3, -0.25) is 0 Å². The maximum absolute atomic E-state index is 8.91. The van der Waals surface area contributed by atoms with Gasteiger partial charge in [-0.05, 0) is 25.0 Å². The van der Waals surface area contributed by atoms with Crippen molar-refractivity contribution in [3.05, 3.63) is 47.9 Å². The van der Waals surface area contributed by atoms with Crippen LogP contribution in [0.15, 0.2) is 36.7 Å². The number of fused-ring (bicyclic) bond motifs is 1. The largest absolute Gasteiger partial charge is 0.323 e. The highest BCUT2D eigenvalue weighted by Crippen LogP contribution is 2.36. The minimum atomic E-state index is 0.351. The van der Waals surface area contributed by atoms with Crippen molar-refractivity contribution in [1.82, 2.24) is 9.97 Å². The molecule has 0 amide bonds. The van der Waals surface area contributed by atoms with Gasteiger partial charge in [-0.2, -0.15) is 5.26 Å². The highest BCUT2D eigenvalue weighted by atomic mass is 15.2. The number of rotatable bonds is 1. The van der Waals surface area contributed by atoms with Gasteiger partial charge in [-0.1, -0.05) is 18.2 Å². The zero-order chi connectivity index (χ0) is 12.5. The van der Waals surface area contributed by atoms with E-state index in [4.69, 9.17) is 5.26 Å². The van der Waals surface area contributed by atoms with E-state index < -0.39 is 0 Å². The SMILES string of the molecule is C[C@H]1Cc2ccccc2N1c1cc(C#N)ncn1. The van der Waals surface area contributed by atoms with Crippen molar-refractivity contribution >= 4 is 11.5 Å². The van der Waals surface area contributed by atoms with Gasteiger partial charge >= 0.3 is 0 Å². The van der Waals surface area contributed by atoms with Crippen LogP contribution in [0.2, 0.25) is 0 Å². The molecule has 0 spiro atoms. The first-order valence-electron chi connectivity index (χ1n) is 5.89. The van der Waals surface area contributed by atoms with Crippen LogP contribution in [0.3, 0.4) is 0 Å². The zero-order valence-corrected chi connectivity index (χ0v) is 10.0. The zero-order valence-electron chi connectivity index (χ0n) is 10.0. The summed E-state index contributed by atoms with van der Waals surface area (Å²) in [4.78, 5) is 10.4. The van der Waals surface area contributed by atoms with Crippen LogP contribution in [0, 0.1) is 11.3 Å². The van der Waals surface area contributed by atoms with Gasteiger partial charge in [0.15, 0.2) is 0 Å². The Balaban J connectivity index is 2.09. The van der Waals surface area contributed by atoms with Gasteiger partial charge in [0, 0.05) is 17.8 Å². The van der Waals surface area contributed by atoms with Gasteiger partial charge in [0.25, 0.3) is 0 Å². The van der Waals surface area contributed by atoms with Crippen LogP contribution >= 0.6 is 0 Å². The molecule has 1 aliphatic heterocycles. The Hall–Kier alpha value is -2.41. The van der Waals surface area contributed by atoms with Crippen LogP contribution in [0.4, 0.5) is 11.5 Å². The second-order valence-electron chi connectivity index (χ2n) is 4.43. The lowest BCUT2D eigenvalue weighted by atomic mass is 10.1. The van der Waals surface area contributed by atoms with E-state index in [9.17, 15) is 0 Å². The molecule has 18 heavy (non-hydrogen) atoms. The normalized spacial score (nSPS) is 17.3. The third-order valence-electron chi connectivity index (χ3n) is 3.22. The number of nitrogens with zero attached hydrogens (tertiary/aromatic N) is 4. The molecule has 0 unspecified atom stereocenters. The standard InChI is InChI=1S/C14H12N4/c1-10-6-11-4-2-3-5-13(11)18(10)14-7-12(8-15)16-9-17-14/h2-5,7,9-10H,6H2,1H3/t10-/m0/s1. The third kappa shape index (κ3) is 1.61. The first kappa shape index (κ1) is 10.7. The maximum Gasteiger partial charge on any atom is 0.145 e. The molecule has 2 aromatic rings. The van der Waals surface area contributed by atoms with Crippen molar-refractivity contribution in [2.45, 2.75) is 19.4 Å². The molecule has 0 saturated carbocycles. The molecule has 2 heterocycles. The van der Waals surface area contributed by atoms with Crippen molar-refractivity contribution in [3.63, 3.8) is 0 Å². The lowest BCUT2D eigenvalue weighted by Gasteiger charge is -2.23. The average Bonchev–Trinajstić information content (AvgIpc) is 2.74. The Kier molecular flexibility index (Phi) is 2.45. The highest BCUT2D eigenvalue weighted by molar-refractivity contribution is 5.69. The summed E-state index contributed by atoms with van der Waals surface area (Å²) >= 11 is 0. The lowest BCUT2D eigenvalue weighted by Crippen LogP contribution is -2.24. The van der Waals surface area contributed by atoms with Crippen molar-refractivity contribution in [2.24, 2.45) is 0 Å². The first-order valence-corrected chi connectivity index (χ1v) is 5.89. The molecule has 4 nitrogen and oxygen atoms in total. The van der Waals surface area contributed by atoms with Gasteiger partial charge in [0.05, 0.1) is 0 Å². The average molecular weight is 236 g/mol. The van der Waals surface area contributed by atoms with Gasteiger partial charge in [0.1, 0.15) is 23.9 Å². The molecule has 0 saturated heterocycles. The maximum atomic E-state index is 8.91. The number of hydrogen-bond donors (Lipinski definition) is 0. The first-order chi connectivity index (χ1) is 8.79. The summed E-state index contributed by atoms with van der Waals surface area (Å²) < 4.78 is 0. The second kappa shape index (κ2) is 4.11. The van der Waals surface area contributed by atoms with Gasteiger partial charge in [-0.25, -0.2) is 9.97 Å². The van der Waals surface area contributed by atoms with E-state index in [1.165, 1.54) is 17.6 Å². The fraction of sp³-hybridized carbons (Fsp3) is 0.214. The Morgan fingerprint density at radius 3 is 3.00 bits per heavy atom. The van der Waals surface area contributed by atoms with Crippen LogP contribution < -0.4 is 4.90 Å². The highest BCUT2D eigenvalue weighted by Gasteiger charge is 2.27. The monoisotopic (exact) mass is 236 g/mol. The Labute approximate surface area is 106 Å². The van der Waals surface area contributed by atoms with Crippen LogP contribution in [-0.2, 0) is 6.42 Å². The van der Waals surface area contributed by atoms with Crippen molar-refractivity contribution in [3.8, 4) is 6.07 Å². The molecule has 1 aliphatic rings. The molecule has 0 radical (unpaired) electrons. The van der Waals surface area contributed by atoms with Crippen molar-refractivity contribution < 1.29 is 0 Å². The van der Waals surface area contributed by atoms with E-state index in [2.05, 4.69) is 46.1 Å². The van der Waals surface area contributed by atoms with E-state index >= 15 is 0 Å². The summed E-state index contributed by atoms with van der Waals surface area (Å²) in [5, 5.41) is 8.91. The van der Waals surface area contributed by atoms with Crippen LogP contribution in [0.25, 0.3) is 0 Å². The molecule has 1 atom stereocenters. The molecule has 0 N–H and O–H groups in total. The van der Waals surface area contributed by atoms with E-state index in [1.807, 2.05) is 6.07 Å². The van der Waals surface area contributed by atoms with Gasteiger partial charge < -0.3 is 4.90 Å². The summed E-state index contributed by atoms with van der Waals surface area (Å²) in [5.41, 5.74) is 2.89. The second-order valence-corrected chi connectivity index (χ2v) is 4.43. The summed E-state index contributed by atoms with van der Waals surface area (Å²) in [6, 6.07) is 12.4. The molecule has 88 valence electrons. The molecule has 4 heteroatoms. The van der Waals surface area contributed by atoms with Gasteiger partial charge in [0.2, 0.25) is 0 Å². The van der Waals surface area contributed by atoms with Crippen LogP contribution in [0.5, 0.6) is 0 Å². The number of nitriles is 1. The van der Waals surface area contributed by atoms with E-state index in [1.54, 1.807) is 6.07 Å². The van der Waals surface area contributed by atoms with Crippen LogP contribution in [-0.4, -0.2) is 16.0 Å². The molecule has 0 aliphatic carbocycles. The topological polar surface area (TPSA) is 52.8 Å². The minimum Gasteiger partial charge on any atom is -0.323 e. The fourth-order valence-electron chi connectivity index (χ4n) is 2.45. The number of benzene rings is 1. The van der Waals surface area contributed by atoms with E-state index in [-0.39, 0.29) is 0 Å². The Morgan fingerprint density at radius 1 is 1.33 bits per heavy atom. The quantitative estimate of drug-likeness (QED) is 0.763. The molecule has 0 bridgehead atoms. The molecule has 3 rings (SSSR count). The molecule has 0 fully saturated rings. The van der Waals surface area contributed by atoms with Crippen LogP contribution in [0.1, 0.15) is 18.2 Å². The Bertz CT molecular complexity index is 630. The predicted octanol–water partition coefficient (Wildman–Crippen LogP) is 2.43. The number of aromatic nitrogens is 2. The summed E-state index contributed by atoms with van der Waals surface area (Å²) in [7, 11) is 0. The molecular weight excluding hydrogens is 224 g/mol. The Morgan fingerprint density at radius 2 is 2.17 bits per heavy atom. The summed E-state index contributed by atoms with van der Waals surface area (Å²) in [6.07, 6.45) is 2.45. The van der Waals surface area contributed by atoms with E-state index in [0.717, 1.165) is 12.2 Å². The van der Waals surface area contributed by atoms with Crippen molar-refractivity contribution in [2.75, 3.05) is 4.90 Å². The number of anilines is 2. The lowest BCUT2D eigenvalue weighted by molar-refractivity contribution is 0.748.